The van der Waals surface area contributed by atoms with E-state index in [9.17, 15) is 13.2 Å². The average molecular weight is 393 g/mol. The Morgan fingerprint density at radius 2 is 1.63 bits per heavy atom. The number of hydrogen-bond acceptors (Lipinski definition) is 4. The maximum atomic E-state index is 13.0. The summed E-state index contributed by atoms with van der Waals surface area (Å²) in [5, 5.41) is 0. The van der Waals surface area contributed by atoms with E-state index in [0.717, 1.165) is 44.9 Å². The number of amides is 1. The van der Waals surface area contributed by atoms with Gasteiger partial charge in [0, 0.05) is 25.2 Å². The Morgan fingerprint density at radius 1 is 0.926 bits per heavy atom. The van der Waals surface area contributed by atoms with Crippen molar-refractivity contribution in [1.82, 2.24) is 9.21 Å². The van der Waals surface area contributed by atoms with Crippen LogP contribution in [0.1, 0.15) is 55.3 Å². The molecule has 0 radical (unpaired) electrons. The summed E-state index contributed by atoms with van der Waals surface area (Å²) < 4.78 is 33.0. The highest BCUT2D eigenvalue weighted by Crippen LogP contribution is 2.30. The molecular formula is C20H28N2O4S. The SMILES string of the molecule is O=C(c1ccc(S(=O)(=O)N2CCCCC2)cc1)N1CCOC2CCCCC21. The fourth-order valence-electron chi connectivity index (χ4n) is 4.54. The smallest absolute Gasteiger partial charge is 0.254 e. The Labute approximate surface area is 161 Å². The van der Waals surface area contributed by atoms with E-state index < -0.39 is 10.0 Å². The van der Waals surface area contributed by atoms with Crippen molar-refractivity contribution in [3.05, 3.63) is 29.8 Å². The van der Waals surface area contributed by atoms with E-state index in [1.807, 2.05) is 4.90 Å². The van der Waals surface area contributed by atoms with Crippen LogP contribution in [-0.4, -0.2) is 61.9 Å². The van der Waals surface area contributed by atoms with Gasteiger partial charge in [0.15, 0.2) is 0 Å². The minimum absolute atomic E-state index is 0.0166. The predicted molar refractivity (Wildman–Crippen MR) is 102 cm³/mol. The summed E-state index contributed by atoms with van der Waals surface area (Å²) in [6.45, 7) is 2.35. The van der Waals surface area contributed by atoms with Gasteiger partial charge in [-0.25, -0.2) is 8.42 Å². The van der Waals surface area contributed by atoms with Crippen molar-refractivity contribution in [3.63, 3.8) is 0 Å². The highest BCUT2D eigenvalue weighted by atomic mass is 32.2. The lowest BCUT2D eigenvalue weighted by Gasteiger charge is -2.43. The first-order valence-corrected chi connectivity index (χ1v) is 11.5. The van der Waals surface area contributed by atoms with Crippen molar-refractivity contribution in [3.8, 4) is 0 Å². The molecule has 2 saturated heterocycles. The molecule has 1 aromatic carbocycles. The Morgan fingerprint density at radius 3 is 2.37 bits per heavy atom. The van der Waals surface area contributed by atoms with Crippen LogP contribution in [0.2, 0.25) is 0 Å². The molecule has 2 aliphatic heterocycles. The lowest BCUT2D eigenvalue weighted by molar-refractivity contribution is -0.0752. The molecule has 1 amide bonds. The zero-order valence-corrected chi connectivity index (χ0v) is 16.5. The second-order valence-corrected chi connectivity index (χ2v) is 9.69. The van der Waals surface area contributed by atoms with Gasteiger partial charge in [-0.3, -0.25) is 4.79 Å². The van der Waals surface area contributed by atoms with Gasteiger partial charge in [-0.1, -0.05) is 19.3 Å². The van der Waals surface area contributed by atoms with Crippen LogP contribution in [-0.2, 0) is 14.8 Å². The molecule has 2 unspecified atom stereocenters. The molecule has 1 saturated carbocycles. The first kappa shape index (κ1) is 18.9. The maximum Gasteiger partial charge on any atom is 0.254 e. The van der Waals surface area contributed by atoms with Gasteiger partial charge >= 0.3 is 0 Å². The van der Waals surface area contributed by atoms with Crippen LogP contribution in [0.3, 0.4) is 0 Å². The number of carbonyl (C=O) groups is 1. The van der Waals surface area contributed by atoms with Gasteiger partial charge in [0.05, 0.1) is 23.6 Å². The van der Waals surface area contributed by atoms with Gasteiger partial charge in [0.25, 0.3) is 5.91 Å². The summed E-state index contributed by atoms with van der Waals surface area (Å²) >= 11 is 0. The van der Waals surface area contributed by atoms with Gasteiger partial charge in [0.1, 0.15) is 0 Å². The molecule has 148 valence electrons. The molecule has 7 heteroatoms. The van der Waals surface area contributed by atoms with Crippen LogP contribution in [0.5, 0.6) is 0 Å². The summed E-state index contributed by atoms with van der Waals surface area (Å²) in [6.07, 6.45) is 7.34. The number of piperidine rings is 1. The number of hydrogen-bond donors (Lipinski definition) is 0. The molecule has 2 heterocycles. The quantitative estimate of drug-likeness (QED) is 0.793. The molecule has 0 aromatic heterocycles. The second-order valence-electron chi connectivity index (χ2n) is 7.75. The standard InChI is InChI=1S/C20H28N2O4S/c23-20(22-14-15-26-19-7-3-2-6-18(19)22)16-8-10-17(11-9-16)27(24,25)21-12-4-1-5-13-21/h8-11,18-19H,1-7,12-15H2. The summed E-state index contributed by atoms with van der Waals surface area (Å²) in [6, 6.07) is 6.63. The van der Waals surface area contributed by atoms with Gasteiger partial charge in [-0.15, -0.1) is 0 Å². The van der Waals surface area contributed by atoms with E-state index in [4.69, 9.17) is 4.74 Å². The third kappa shape index (κ3) is 3.77. The largest absolute Gasteiger partial charge is 0.374 e. The molecule has 0 N–H and O–H groups in total. The van der Waals surface area contributed by atoms with Crippen molar-refractivity contribution >= 4 is 15.9 Å². The molecule has 0 bridgehead atoms. The normalized spacial score (nSPS) is 27.2. The molecule has 6 nitrogen and oxygen atoms in total. The minimum atomic E-state index is -3.46. The molecule has 1 aliphatic carbocycles. The summed E-state index contributed by atoms with van der Waals surface area (Å²) in [7, 11) is -3.46. The fourth-order valence-corrected chi connectivity index (χ4v) is 6.06. The number of benzene rings is 1. The van der Waals surface area contributed by atoms with E-state index in [0.29, 0.717) is 31.8 Å². The predicted octanol–water partition coefficient (Wildman–Crippen LogP) is 2.64. The van der Waals surface area contributed by atoms with Crippen LogP contribution in [0, 0.1) is 0 Å². The highest BCUT2D eigenvalue weighted by molar-refractivity contribution is 7.89. The number of carbonyl (C=O) groups excluding carboxylic acids is 1. The van der Waals surface area contributed by atoms with Crippen molar-refractivity contribution in [2.24, 2.45) is 0 Å². The lowest BCUT2D eigenvalue weighted by atomic mass is 9.89. The molecule has 3 aliphatic rings. The molecule has 3 fully saturated rings. The van der Waals surface area contributed by atoms with E-state index in [1.165, 1.54) is 0 Å². The summed E-state index contributed by atoms with van der Waals surface area (Å²) in [4.78, 5) is 15.2. The third-order valence-corrected chi connectivity index (χ3v) is 7.96. The highest BCUT2D eigenvalue weighted by Gasteiger charge is 2.37. The van der Waals surface area contributed by atoms with Crippen molar-refractivity contribution in [1.29, 1.82) is 0 Å². The number of nitrogens with zero attached hydrogens (tertiary/aromatic N) is 2. The van der Waals surface area contributed by atoms with Crippen LogP contribution in [0.25, 0.3) is 0 Å². The number of fused-ring (bicyclic) bond motifs is 1. The van der Waals surface area contributed by atoms with E-state index in [2.05, 4.69) is 0 Å². The Balaban J connectivity index is 1.50. The van der Waals surface area contributed by atoms with Gasteiger partial charge in [-0.2, -0.15) is 4.31 Å². The van der Waals surface area contributed by atoms with E-state index >= 15 is 0 Å². The van der Waals surface area contributed by atoms with Gasteiger partial charge in [0.2, 0.25) is 10.0 Å². The van der Waals surface area contributed by atoms with Crippen LogP contribution < -0.4 is 0 Å². The van der Waals surface area contributed by atoms with Crippen molar-refractivity contribution < 1.29 is 17.9 Å². The zero-order chi connectivity index (χ0) is 18.9. The van der Waals surface area contributed by atoms with E-state index in [1.54, 1.807) is 28.6 Å². The Hall–Kier alpha value is -1.44. The molecule has 4 rings (SSSR count). The third-order valence-electron chi connectivity index (χ3n) is 6.05. The molecule has 2 atom stereocenters. The first-order valence-electron chi connectivity index (χ1n) is 10.1. The van der Waals surface area contributed by atoms with E-state index in [-0.39, 0.29) is 22.9 Å². The number of morpholine rings is 1. The van der Waals surface area contributed by atoms with Crippen LogP contribution in [0.15, 0.2) is 29.2 Å². The monoisotopic (exact) mass is 392 g/mol. The number of sulfonamides is 1. The van der Waals surface area contributed by atoms with Crippen molar-refractivity contribution in [2.75, 3.05) is 26.2 Å². The zero-order valence-electron chi connectivity index (χ0n) is 15.7. The Bertz CT molecular complexity index is 770. The molecule has 1 aromatic rings. The lowest BCUT2D eigenvalue weighted by Crippen LogP contribution is -2.54. The average Bonchev–Trinajstić information content (AvgIpc) is 2.73. The fraction of sp³-hybridized carbons (Fsp3) is 0.650. The van der Waals surface area contributed by atoms with Crippen LogP contribution >= 0.6 is 0 Å². The molecule has 27 heavy (non-hydrogen) atoms. The minimum Gasteiger partial charge on any atom is -0.374 e. The van der Waals surface area contributed by atoms with Gasteiger partial charge < -0.3 is 9.64 Å². The topological polar surface area (TPSA) is 66.9 Å². The van der Waals surface area contributed by atoms with Gasteiger partial charge in [-0.05, 0) is 49.9 Å². The number of rotatable bonds is 3. The molecule has 0 spiro atoms. The maximum absolute atomic E-state index is 13.0. The number of ether oxygens (including phenoxy) is 1. The summed E-state index contributed by atoms with van der Waals surface area (Å²) in [5.41, 5.74) is 0.554. The first-order chi connectivity index (χ1) is 13.1. The van der Waals surface area contributed by atoms with Crippen LogP contribution in [0.4, 0.5) is 0 Å². The van der Waals surface area contributed by atoms with Crippen molar-refractivity contribution in [2.45, 2.75) is 62.0 Å². The molecular weight excluding hydrogens is 364 g/mol. The Kier molecular flexibility index (Phi) is 5.53. The summed E-state index contributed by atoms with van der Waals surface area (Å²) in [5.74, 6) is -0.0166. The second kappa shape index (κ2) is 7.89.